The van der Waals surface area contributed by atoms with E-state index < -0.39 is 24.5 Å². The van der Waals surface area contributed by atoms with Crippen LogP contribution in [0.5, 0.6) is 5.75 Å². The molecule has 0 fully saturated rings. The first-order valence-corrected chi connectivity index (χ1v) is 9.08. The standard InChI is InChI=1S/C20H16ClF4N3O2/c1-12-7-18(27-28(12)10-14-5-6-15(22)9-17(14)21)26-19(29)13-3-2-4-16(8-13)30-11-20(23,24)25/h2-9H,10-11H2,1H3,(H,26,27,29). The van der Waals surface area contributed by atoms with Crippen molar-refractivity contribution in [2.45, 2.75) is 19.6 Å². The topological polar surface area (TPSA) is 56.1 Å². The quantitative estimate of drug-likeness (QED) is 0.533. The molecule has 1 N–H and O–H groups in total. The Labute approximate surface area is 174 Å². The van der Waals surface area contributed by atoms with Crippen molar-refractivity contribution in [3.05, 3.63) is 76.2 Å². The molecule has 0 radical (unpaired) electrons. The van der Waals surface area contributed by atoms with Gasteiger partial charge in [0.15, 0.2) is 12.4 Å². The van der Waals surface area contributed by atoms with E-state index in [-0.39, 0.29) is 28.7 Å². The van der Waals surface area contributed by atoms with Crippen molar-refractivity contribution in [2.75, 3.05) is 11.9 Å². The lowest BCUT2D eigenvalue weighted by molar-refractivity contribution is -0.153. The number of hydrogen-bond acceptors (Lipinski definition) is 3. The molecule has 0 atom stereocenters. The van der Waals surface area contributed by atoms with Crippen molar-refractivity contribution < 1.29 is 27.1 Å². The molecule has 3 aromatic rings. The summed E-state index contributed by atoms with van der Waals surface area (Å²) in [4.78, 5) is 12.4. The van der Waals surface area contributed by atoms with Gasteiger partial charge in [0.05, 0.1) is 6.54 Å². The maximum absolute atomic E-state index is 13.2. The van der Waals surface area contributed by atoms with Gasteiger partial charge in [-0.1, -0.05) is 23.7 Å². The number of rotatable bonds is 6. The molecule has 5 nitrogen and oxygen atoms in total. The lowest BCUT2D eigenvalue weighted by Gasteiger charge is -2.10. The number of nitrogens with one attached hydrogen (secondary N) is 1. The third-order valence-corrected chi connectivity index (χ3v) is 4.41. The molecule has 10 heteroatoms. The van der Waals surface area contributed by atoms with Gasteiger partial charge in [0.1, 0.15) is 11.6 Å². The molecular formula is C20H16ClF4N3O2. The normalized spacial score (nSPS) is 11.4. The van der Waals surface area contributed by atoms with Gasteiger partial charge in [0, 0.05) is 22.3 Å². The molecule has 0 aliphatic heterocycles. The van der Waals surface area contributed by atoms with Crippen LogP contribution in [-0.4, -0.2) is 28.5 Å². The van der Waals surface area contributed by atoms with Crippen LogP contribution >= 0.6 is 11.6 Å². The molecule has 30 heavy (non-hydrogen) atoms. The number of benzene rings is 2. The van der Waals surface area contributed by atoms with Crippen LogP contribution in [0.3, 0.4) is 0 Å². The molecule has 1 heterocycles. The first-order valence-electron chi connectivity index (χ1n) is 8.70. The fourth-order valence-corrected chi connectivity index (χ4v) is 2.85. The molecule has 0 spiro atoms. The van der Waals surface area contributed by atoms with E-state index in [1.165, 1.54) is 36.4 Å². The number of aryl methyl sites for hydroxylation is 1. The van der Waals surface area contributed by atoms with Gasteiger partial charge in [-0.15, -0.1) is 0 Å². The number of carbonyl (C=O) groups excluding carboxylic acids is 1. The maximum atomic E-state index is 13.2. The molecule has 1 amide bonds. The molecule has 0 saturated heterocycles. The van der Waals surface area contributed by atoms with E-state index in [2.05, 4.69) is 15.2 Å². The highest BCUT2D eigenvalue weighted by molar-refractivity contribution is 6.31. The average Bonchev–Trinajstić information content (AvgIpc) is 3.01. The minimum atomic E-state index is -4.48. The van der Waals surface area contributed by atoms with E-state index in [0.29, 0.717) is 11.3 Å². The van der Waals surface area contributed by atoms with Crippen LogP contribution in [0, 0.1) is 12.7 Å². The monoisotopic (exact) mass is 441 g/mol. The Bertz CT molecular complexity index is 1070. The Morgan fingerprint density at radius 1 is 1.20 bits per heavy atom. The maximum Gasteiger partial charge on any atom is 0.422 e. The first-order chi connectivity index (χ1) is 14.1. The molecule has 3 rings (SSSR count). The Morgan fingerprint density at radius 2 is 1.97 bits per heavy atom. The molecule has 0 aliphatic carbocycles. The number of aromatic nitrogens is 2. The van der Waals surface area contributed by atoms with E-state index >= 15 is 0 Å². The van der Waals surface area contributed by atoms with Gasteiger partial charge < -0.3 is 10.1 Å². The summed E-state index contributed by atoms with van der Waals surface area (Å²) in [7, 11) is 0. The zero-order chi connectivity index (χ0) is 21.9. The fraction of sp³-hybridized carbons (Fsp3) is 0.200. The van der Waals surface area contributed by atoms with E-state index in [1.54, 1.807) is 23.7 Å². The number of halogens is 5. The zero-order valence-corrected chi connectivity index (χ0v) is 16.4. The summed E-state index contributed by atoms with van der Waals surface area (Å²) in [5.74, 6) is -0.836. The number of carbonyl (C=O) groups is 1. The highest BCUT2D eigenvalue weighted by atomic mass is 35.5. The van der Waals surface area contributed by atoms with E-state index in [9.17, 15) is 22.4 Å². The Morgan fingerprint density at radius 3 is 2.67 bits per heavy atom. The van der Waals surface area contributed by atoms with Crippen LogP contribution in [0.15, 0.2) is 48.5 Å². The van der Waals surface area contributed by atoms with Crippen molar-refractivity contribution >= 4 is 23.3 Å². The summed E-state index contributed by atoms with van der Waals surface area (Å²) in [6.07, 6.45) is -4.48. The molecule has 2 aromatic carbocycles. The summed E-state index contributed by atoms with van der Waals surface area (Å²) in [5, 5.41) is 7.12. The minimum absolute atomic E-state index is 0.0763. The lowest BCUT2D eigenvalue weighted by Crippen LogP contribution is -2.19. The Kier molecular flexibility index (Phi) is 6.31. The van der Waals surface area contributed by atoms with Crippen molar-refractivity contribution in [3.8, 4) is 5.75 Å². The van der Waals surface area contributed by atoms with Gasteiger partial charge in [-0.05, 0) is 42.8 Å². The zero-order valence-electron chi connectivity index (χ0n) is 15.6. The van der Waals surface area contributed by atoms with Crippen LogP contribution in [0.2, 0.25) is 5.02 Å². The van der Waals surface area contributed by atoms with Crippen LogP contribution in [0.1, 0.15) is 21.6 Å². The van der Waals surface area contributed by atoms with Crippen LogP contribution < -0.4 is 10.1 Å². The van der Waals surface area contributed by atoms with E-state index in [0.717, 1.165) is 0 Å². The van der Waals surface area contributed by atoms with Crippen molar-refractivity contribution in [2.24, 2.45) is 0 Å². The number of nitrogens with zero attached hydrogens (tertiary/aromatic N) is 2. The molecule has 0 aliphatic rings. The highest BCUT2D eigenvalue weighted by Gasteiger charge is 2.28. The van der Waals surface area contributed by atoms with Crippen LogP contribution in [0.4, 0.5) is 23.4 Å². The van der Waals surface area contributed by atoms with E-state index in [4.69, 9.17) is 11.6 Å². The summed E-state index contributed by atoms with van der Waals surface area (Å²) in [6.45, 7) is 0.584. The van der Waals surface area contributed by atoms with Crippen LogP contribution in [-0.2, 0) is 6.54 Å². The predicted molar refractivity (Wildman–Crippen MR) is 103 cm³/mol. The van der Waals surface area contributed by atoms with Gasteiger partial charge in [0.2, 0.25) is 0 Å². The average molecular weight is 442 g/mol. The predicted octanol–water partition coefficient (Wildman–Crippen LogP) is 5.23. The Balaban J connectivity index is 1.69. The summed E-state index contributed by atoms with van der Waals surface area (Å²) in [5.41, 5.74) is 1.48. The third-order valence-electron chi connectivity index (χ3n) is 4.06. The van der Waals surface area contributed by atoms with Gasteiger partial charge in [-0.3, -0.25) is 9.48 Å². The molecule has 0 saturated carbocycles. The number of anilines is 1. The summed E-state index contributed by atoms with van der Waals surface area (Å²) >= 11 is 6.04. The van der Waals surface area contributed by atoms with Gasteiger partial charge >= 0.3 is 6.18 Å². The molecule has 0 unspecified atom stereocenters. The third kappa shape index (κ3) is 5.73. The number of amides is 1. The second-order valence-corrected chi connectivity index (χ2v) is 6.86. The largest absolute Gasteiger partial charge is 0.484 e. The lowest BCUT2D eigenvalue weighted by atomic mass is 10.2. The number of ether oxygens (including phenoxy) is 1. The minimum Gasteiger partial charge on any atom is -0.484 e. The van der Waals surface area contributed by atoms with Crippen molar-refractivity contribution in [3.63, 3.8) is 0 Å². The van der Waals surface area contributed by atoms with Gasteiger partial charge in [0.25, 0.3) is 5.91 Å². The fourth-order valence-electron chi connectivity index (χ4n) is 2.62. The van der Waals surface area contributed by atoms with E-state index in [1.807, 2.05) is 0 Å². The summed E-state index contributed by atoms with van der Waals surface area (Å²) in [6, 6.07) is 11.1. The summed E-state index contributed by atoms with van der Waals surface area (Å²) < 4.78 is 56.3. The highest BCUT2D eigenvalue weighted by Crippen LogP contribution is 2.22. The second kappa shape index (κ2) is 8.74. The van der Waals surface area contributed by atoms with Gasteiger partial charge in [-0.25, -0.2) is 4.39 Å². The van der Waals surface area contributed by atoms with Gasteiger partial charge in [-0.2, -0.15) is 18.3 Å². The molecule has 158 valence electrons. The van der Waals surface area contributed by atoms with Crippen LogP contribution in [0.25, 0.3) is 0 Å². The number of hydrogen-bond donors (Lipinski definition) is 1. The molecule has 0 bridgehead atoms. The molecule has 1 aromatic heterocycles. The smallest absolute Gasteiger partial charge is 0.422 e. The van der Waals surface area contributed by atoms with Crippen molar-refractivity contribution in [1.29, 1.82) is 0 Å². The molecular weight excluding hydrogens is 426 g/mol. The van der Waals surface area contributed by atoms with Crippen molar-refractivity contribution in [1.82, 2.24) is 9.78 Å². The number of alkyl halides is 3. The Hall–Kier alpha value is -3.07. The SMILES string of the molecule is Cc1cc(NC(=O)c2cccc(OCC(F)(F)F)c2)nn1Cc1ccc(F)cc1Cl. The second-order valence-electron chi connectivity index (χ2n) is 6.45. The first kappa shape index (κ1) is 21.6.